The fourth-order valence-electron chi connectivity index (χ4n) is 2.52. The number of aryl methyl sites for hydroxylation is 2. The molecule has 0 radical (unpaired) electrons. The quantitative estimate of drug-likeness (QED) is 0.854. The highest BCUT2D eigenvalue weighted by Gasteiger charge is 2.12. The van der Waals surface area contributed by atoms with Crippen molar-refractivity contribution in [3.05, 3.63) is 57.4 Å². The molecule has 0 N–H and O–H groups in total. The third-order valence-electron chi connectivity index (χ3n) is 3.89. The Morgan fingerprint density at radius 2 is 1.91 bits per heavy atom. The number of aromatic nitrogens is 1. The summed E-state index contributed by atoms with van der Waals surface area (Å²) >= 11 is 0. The summed E-state index contributed by atoms with van der Waals surface area (Å²) < 4.78 is 1.75. The first-order valence-corrected chi connectivity index (χ1v) is 7.65. The van der Waals surface area contributed by atoms with Crippen LogP contribution in [0, 0.1) is 31.1 Å². The van der Waals surface area contributed by atoms with E-state index in [1.165, 1.54) is 0 Å². The van der Waals surface area contributed by atoms with Crippen LogP contribution in [-0.4, -0.2) is 4.57 Å². The molecule has 1 aromatic carbocycles. The number of hydrogen-bond donors (Lipinski definition) is 0. The largest absolute Gasteiger partial charge is 0.307 e. The maximum Gasteiger partial charge on any atom is 0.268 e. The molecule has 0 atom stereocenters. The molecule has 0 fully saturated rings. The van der Waals surface area contributed by atoms with Crippen LogP contribution in [-0.2, 0) is 6.54 Å². The van der Waals surface area contributed by atoms with E-state index in [0.29, 0.717) is 12.5 Å². The first-order chi connectivity index (χ1) is 10.4. The Labute approximate surface area is 131 Å². The predicted octanol–water partition coefficient (Wildman–Crippen LogP) is 4.05. The SMILES string of the molecule is Cc1ccc(C)c(-c2ccc(C#N)c(=O)n2CCC(C)C)c1. The van der Waals surface area contributed by atoms with Gasteiger partial charge in [0.25, 0.3) is 5.56 Å². The molecule has 0 bridgehead atoms. The Morgan fingerprint density at radius 1 is 1.18 bits per heavy atom. The van der Waals surface area contributed by atoms with Gasteiger partial charge in [0.1, 0.15) is 11.6 Å². The lowest BCUT2D eigenvalue weighted by atomic mass is 10.0. The first-order valence-electron chi connectivity index (χ1n) is 7.65. The van der Waals surface area contributed by atoms with E-state index in [2.05, 4.69) is 32.0 Å². The third kappa shape index (κ3) is 3.28. The Balaban J connectivity index is 2.65. The molecule has 0 saturated heterocycles. The highest BCUT2D eigenvalue weighted by molar-refractivity contribution is 5.65. The molecule has 0 amide bonds. The molecule has 0 aliphatic rings. The molecule has 114 valence electrons. The van der Waals surface area contributed by atoms with Crippen LogP contribution in [0.2, 0.25) is 0 Å². The van der Waals surface area contributed by atoms with Gasteiger partial charge in [0.15, 0.2) is 0 Å². The summed E-state index contributed by atoms with van der Waals surface area (Å²) in [6, 6.07) is 11.8. The second-order valence-corrected chi connectivity index (χ2v) is 6.20. The van der Waals surface area contributed by atoms with Gasteiger partial charge in [0.2, 0.25) is 0 Å². The Bertz CT molecular complexity index is 779. The molecule has 0 aliphatic heterocycles. The van der Waals surface area contributed by atoms with Crippen molar-refractivity contribution in [1.29, 1.82) is 5.26 Å². The summed E-state index contributed by atoms with van der Waals surface area (Å²) in [7, 11) is 0. The summed E-state index contributed by atoms with van der Waals surface area (Å²) in [6.07, 6.45) is 0.909. The van der Waals surface area contributed by atoms with Crippen LogP contribution >= 0.6 is 0 Å². The van der Waals surface area contributed by atoms with Gasteiger partial charge in [-0.2, -0.15) is 5.26 Å². The minimum atomic E-state index is -0.193. The van der Waals surface area contributed by atoms with E-state index in [1.54, 1.807) is 10.6 Å². The van der Waals surface area contributed by atoms with Crippen molar-refractivity contribution in [2.75, 3.05) is 0 Å². The molecule has 2 aromatic rings. The highest BCUT2D eigenvalue weighted by atomic mass is 16.1. The molecule has 0 aliphatic carbocycles. The molecule has 0 spiro atoms. The Kier molecular flexibility index (Phi) is 4.82. The van der Waals surface area contributed by atoms with Gasteiger partial charge in [-0.3, -0.25) is 4.79 Å². The zero-order valence-electron chi connectivity index (χ0n) is 13.7. The second kappa shape index (κ2) is 6.62. The zero-order chi connectivity index (χ0) is 16.3. The summed E-state index contributed by atoms with van der Waals surface area (Å²) in [5.41, 5.74) is 4.26. The Morgan fingerprint density at radius 3 is 2.55 bits per heavy atom. The zero-order valence-corrected chi connectivity index (χ0v) is 13.7. The molecule has 1 aromatic heterocycles. The molecule has 22 heavy (non-hydrogen) atoms. The molecule has 3 heteroatoms. The number of pyridine rings is 1. The van der Waals surface area contributed by atoms with E-state index in [9.17, 15) is 4.79 Å². The summed E-state index contributed by atoms with van der Waals surface area (Å²) in [5, 5.41) is 9.12. The van der Waals surface area contributed by atoms with Crippen LogP contribution in [0.15, 0.2) is 35.1 Å². The summed E-state index contributed by atoms with van der Waals surface area (Å²) in [6.45, 7) is 9.00. The average Bonchev–Trinajstić information content (AvgIpc) is 2.48. The smallest absolute Gasteiger partial charge is 0.268 e. The topological polar surface area (TPSA) is 45.8 Å². The van der Waals surface area contributed by atoms with Gasteiger partial charge >= 0.3 is 0 Å². The first kappa shape index (κ1) is 16.0. The lowest BCUT2D eigenvalue weighted by Gasteiger charge is -2.16. The van der Waals surface area contributed by atoms with Crippen molar-refractivity contribution in [3.8, 4) is 17.3 Å². The lowest BCUT2D eigenvalue weighted by Crippen LogP contribution is -2.25. The monoisotopic (exact) mass is 294 g/mol. The maximum atomic E-state index is 12.5. The van der Waals surface area contributed by atoms with Gasteiger partial charge in [-0.25, -0.2) is 0 Å². The van der Waals surface area contributed by atoms with Crippen molar-refractivity contribution in [3.63, 3.8) is 0 Å². The van der Waals surface area contributed by atoms with Crippen LogP contribution in [0.3, 0.4) is 0 Å². The van der Waals surface area contributed by atoms with E-state index in [1.807, 2.05) is 26.0 Å². The molecule has 1 heterocycles. The lowest BCUT2D eigenvalue weighted by molar-refractivity contribution is 0.510. The minimum absolute atomic E-state index is 0.193. The van der Waals surface area contributed by atoms with Gasteiger partial charge in [-0.1, -0.05) is 31.5 Å². The fraction of sp³-hybridized carbons (Fsp3) is 0.368. The molecule has 2 rings (SSSR count). The van der Waals surface area contributed by atoms with E-state index >= 15 is 0 Å². The van der Waals surface area contributed by atoms with Gasteiger partial charge in [-0.15, -0.1) is 0 Å². The fourth-order valence-corrected chi connectivity index (χ4v) is 2.52. The van der Waals surface area contributed by atoms with Gasteiger partial charge in [0.05, 0.1) is 5.69 Å². The maximum absolute atomic E-state index is 12.5. The third-order valence-corrected chi connectivity index (χ3v) is 3.89. The van der Waals surface area contributed by atoms with Gasteiger partial charge < -0.3 is 4.57 Å². The van der Waals surface area contributed by atoms with Crippen molar-refractivity contribution in [2.24, 2.45) is 5.92 Å². The van der Waals surface area contributed by atoms with E-state index < -0.39 is 0 Å². The number of rotatable bonds is 4. The molecular weight excluding hydrogens is 272 g/mol. The Hall–Kier alpha value is -2.34. The molecule has 3 nitrogen and oxygen atoms in total. The van der Waals surface area contributed by atoms with Crippen LogP contribution in [0.25, 0.3) is 11.3 Å². The molecular formula is C19H22N2O. The highest BCUT2D eigenvalue weighted by Crippen LogP contribution is 2.24. The van der Waals surface area contributed by atoms with Crippen LogP contribution in [0.5, 0.6) is 0 Å². The van der Waals surface area contributed by atoms with Crippen molar-refractivity contribution < 1.29 is 0 Å². The number of nitriles is 1. The summed E-state index contributed by atoms with van der Waals surface area (Å²) in [4.78, 5) is 12.5. The van der Waals surface area contributed by atoms with E-state index in [4.69, 9.17) is 5.26 Å². The van der Waals surface area contributed by atoms with Gasteiger partial charge in [-0.05, 0) is 49.9 Å². The van der Waals surface area contributed by atoms with Crippen molar-refractivity contribution >= 4 is 0 Å². The van der Waals surface area contributed by atoms with Crippen LogP contribution in [0.1, 0.15) is 37.0 Å². The average molecular weight is 294 g/mol. The number of benzene rings is 1. The number of nitrogens with zero attached hydrogens (tertiary/aromatic N) is 2. The van der Waals surface area contributed by atoms with E-state index in [-0.39, 0.29) is 11.1 Å². The molecule has 0 unspecified atom stereocenters. The molecule has 0 saturated carbocycles. The van der Waals surface area contributed by atoms with Crippen molar-refractivity contribution in [2.45, 2.75) is 40.7 Å². The predicted molar refractivity (Wildman–Crippen MR) is 89.8 cm³/mol. The number of hydrogen-bond acceptors (Lipinski definition) is 2. The normalized spacial score (nSPS) is 10.7. The van der Waals surface area contributed by atoms with Crippen LogP contribution in [0.4, 0.5) is 0 Å². The van der Waals surface area contributed by atoms with Crippen LogP contribution < -0.4 is 5.56 Å². The summed E-state index contributed by atoms with van der Waals surface area (Å²) in [5.74, 6) is 0.504. The second-order valence-electron chi connectivity index (χ2n) is 6.20. The van der Waals surface area contributed by atoms with Crippen molar-refractivity contribution in [1.82, 2.24) is 4.57 Å². The van der Waals surface area contributed by atoms with Gasteiger partial charge in [0, 0.05) is 12.1 Å². The minimum Gasteiger partial charge on any atom is -0.307 e. The van der Waals surface area contributed by atoms with E-state index in [0.717, 1.165) is 28.8 Å². The standard InChI is InChI=1S/C19H22N2O/c1-13(2)9-10-21-18(8-7-16(12-20)19(21)22)17-11-14(3)5-6-15(17)4/h5-8,11,13H,9-10H2,1-4H3.